The largest absolute Gasteiger partial charge is 0.390 e. The molecule has 0 spiro atoms. The number of allylic oxidation sites excluding steroid dienone is 4. The molecule has 182 valence electrons. The Hall–Kier alpha value is -1.37. The van der Waals surface area contributed by atoms with E-state index in [1.807, 2.05) is 27.7 Å². The predicted octanol–water partition coefficient (Wildman–Crippen LogP) is 3.95. The number of Topliss-reactive ketones (excluding diaryl/α,β-unsaturated/α-hetero) is 1. The molecule has 5 nitrogen and oxygen atoms in total. The number of alkyl halides is 1. The second-order valence-electron chi connectivity index (χ2n) is 9.75. The molecule has 4 aliphatic rings. The molecule has 4 aliphatic carbocycles. The fourth-order valence-electron chi connectivity index (χ4n) is 7.26. The van der Waals surface area contributed by atoms with Crippen LogP contribution in [0.25, 0.3) is 0 Å². The minimum atomic E-state index is -1.98. The average molecular weight is 453 g/mol. The molecule has 0 aromatic heterocycles. The summed E-state index contributed by atoms with van der Waals surface area (Å²) in [5.41, 5.74) is -5.17. The molecule has 32 heavy (non-hydrogen) atoms. The Morgan fingerprint density at radius 1 is 1.19 bits per heavy atom. The van der Waals surface area contributed by atoms with E-state index in [1.165, 1.54) is 12.2 Å². The van der Waals surface area contributed by atoms with Gasteiger partial charge in [0.2, 0.25) is 0 Å². The topological polar surface area (TPSA) is 94.8 Å². The van der Waals surface area contributed by atoms with E-state index in [2.05, 4.69) is 0 Å². The van der Waals surface area contributed by atoms with Crippen molar-refractivity contribution in [3.8, 4) is 0 Å². The van der Waals surface area contributed by atoms with Gasteiger partial charge in [0, 0.05) is 16.7 Å². The molecule has 0 saturated heterocycles. The molecule has 0 aromatic carbocycles. The number of hydrogen-bond acceptors (Lipinski definition) is 5. The Bertz CT molecular complexity index is 806. The summed E-state index contributed by atoms with van der Waals surface area (Å²) in [6, 6.07) is 0. The van der Waals surface area contributed by atoms with Crippen molar-refractivity contribution >= 4 is 11.6 Å². The van der Waals surface area contributed by atoms with Crippen LogP contribution in [0.15, 0.2) is 23.8 Å². The van der Waals surface area contributed by atoms with Gasteiger partial charge in [-0.3, -0.25) is 9.59 Å². The second kappa shape index (κ2) is 9.11. The van der Waals surface area contributed by atoms with Crippen molar-refractivity contribution in [1.29, 1.82) is 0 Å². The molecular weight excluding hydrogens is 411 g/mol. The summed E-state index contributed by atoms with van der Waals surface area (Å²) < 4.78 is 16.9. The number of hydrogen-bond donors (Lipinski definition) is 3. The van der Waals surface area contributed by atoms with Gasteiger partial charge in [0.05, 0.1) is 6.10 Å². The van der Waals surface area contributed by atoms with Crippen LogP contribution in [-0.2, 0) is 9.59 Å². The highest BCUT2D eigenvalue weighted by Crippen LogP contribution is 2.70. The van der Waals surface area contributed by atoms with Crippen molar-refractivity contribution in [2.45, 2.75) is 91.5 Å². The highest BCUT2D eigenvalue weighted by Gasteiger charge is 2.75. The molecule has 8 atom stereocenters. The third kappa shape index (κ3) is 3.20. The minimum absolute atomic E-state index is 0.0676. The van der Waals surface area contributed by atoms with E-state index in [0.29, 0.717) is 24.8 Å². The summed E-state index contributed by atoms with van der Waals surface area (Å²) in [7, 11) is 0. The van der Waals surface area contributed by atoms with Gasteiger partial charge in [-0.05, 0) is 56.6 Å². The summed E-state index contributed by atoms with van der Waals surface area (Å²) in [5, 5.41) is 32.0. The molecule has 0 aromatic rings. The van der Waals surface area contributed by atoms with E-state index < -0.39 is 52.4 Å². The first-order chi connectivity index (χ1) is 15.0. The highest BCUT2D eigenvalue weighted by molar-refractivity contribution is 6.01. The van der Waals surface area contributed by atoms with Crippen LogP contribution in [0.4, 0.5) is 4.39 Å². The normalized spacial score (nSPS) is 46.3. The van der Waals surface area contributed by atoms with Crippen LogP contribution >= 0.6 is 0 Å². The summed E-state index contributed by atoms with van der Waals surface area (Å²) in [5.74, 6) is -2.12. The molecular formula is C26H41FO5. The first-order valence-corrected chi connectivity index (χ1v) is 12.1. The van der Waals surface area contributed by atoms with E-state index in [9.17, 15) is 24.9 Å². The van der Waals surface area contributed by atoms with Gasteiger partial charge in [-0.2, -0.15) is 0 Å². The van der Waals surface area contributed by atoms with E-state index in [1.54, 1.807) is 26.8 Å². The van der Waals surface area contributed by atoms with Crippen LogP contribution < -0.4 is 0 Å². The van der Waals surface area contributed by atoms with Crippen LogP contribution in [0, 0.1) is 28.6 Å². The summed E-state index contributed by atoms with van der Waals surface area (Å²) in [6.07, 6.45) is 4.44. The van der Waals surface area contributed by atoms with Gasteiger partial charge < -0.3 is 15.3 Å². The van der Waals surface area contributed by atoms with Crippen LogP contribution in [0.2, 0.25) is 0 Å². The second-order valence-corrected chi connectivity index (χ2v) is 9.75. The van der Waals surface area contributed by atoms with Crippen LogP contribution in [-0.4, -0.2) is 50.9 Å². The van der Waals surface area contributed by atoms with Crippen LogP contribution in [0.5, 0.6) is 0 Å². The van der Waals surface area contributed by atoms with Crippen molar-refractivity contribution in [1.82, 2.24) is 0 Å². The van der Waals surface area contributed by atoms with E-state index in [-0.39, 0.29) is 18.1 Å². The van der Waals surface area contributed by atoms with Crippen molar-refractivity contribution < 1.29 is 29.3 Å². The molecule has 0 radical (unpaired) electrons. The fraction of sp³-hybridized carbons (Fsp3) is 0.769. The van der Waals surface area contributed by atoms with E-state index in [4.69, 9.17) is 0 Å². The van der Waals surface area contributed by atoms with Crippen molar-refractivity contribution in [2.24, 2.45) is 28.6 Å². The molecule has 8 unspecified atom stereocenters. The summed E-state index contributed by atoms with van der Waals surface area (Å²) in [6.45, 7) is 12.5. The van der Waals surface area contributed by atoms with Gasteiger partial charge in [0.25, 0.3) is 0 Å². The Morgan fingerprint density at radius 3 is 2.34 bits per heavy atom. The predicted molar refractivity (Wildman–Crippen MR) is 123 cm³/mol. The first-order valence-electron chi connectivity index (χ1n) is 12.1. The zero-order chi connectivity index (χ0) is 24.7. The molecule has 0 bridgehead atoms. The lowest BCUT2D eigenvalue weighted by atomic mass is 9.44. The minimum Gasteiger partial charge on any atom is -0.390 e. The van der Waals surface area contributed by atoms with Gasteiger partial charge in [0.1, 0.15) is 12.2 Å². The molecule has 0 aliphatic heterocycles. The number of rotatable bonds is 2. The van der Waals surface area contributed by atoms with E-state index in [0.717, 1.165) is 0 Å². The smallest absolute Gasteiger partial charge is 0.190 e. The number of halogens is 1. The lowest BCUT2D eigenvalue weighted by Crippen LogP contribution is -2.69. The van der Waals surface area contributed by atoms with E-state index >= 15 is 4.39 Å². The number of fused-ring (bicyclic) bond motifs is 5. The quantitative estimate of drug-likeness (QED) is 0.590. The first kappa shape index (κ1) is 26.9. The Balaban J connectivity index is 0.000000860. The fourth-order valence-corrected chi connectivity index (χ4v) is 7.26. The van der Waals surface area contributed by atoms with Crippen molar-refractivity contribution in [3.63, 3.8) is 0 Å². The van der Waals surface area contributed by atoms with Crippen molar-refractivity contribution in [2.75, 3.05) is 6.61 Å². The zero-order valence-electron chi connectivity index (χ0n) is 20.6. The molecule has 6 heteroatoms. The van der Waals surface area contributed by atoms with Gasteiger partial charge >= 0.3 is 0 Å². The third-order valence-corrected chi connectivity index (χ3v) is 8.79. The Kier molecular flexibility index (Phi) is 7.65. The molecule has 0 heterocycles. The van der Waals surface area contributed by atoms with Crippen LogP contribution in [0.1, 0.15) is 74.1 Å². The van der Waals surface area contributed by atoms with Crippen molar-refractivity contribution in [3.05, 3.63) is 23.8 Å². The van der Waals surface area contributed by atoms with Gasteiger partial charge in [-0.1, -0.05) is 53.2 Å². The zero-order valence-corrected chi connectivity index (χ0v) is 20.6. The maximum absolute atomic E-state index is 16.9. The molecule has 3 fully saturated rings. The number of carbonyl (C=O) groups is 2. The molecule has 3 N–H and O–H groups in total. The third-order valence-electron chi connectivity index (χ3n) is 8.79. The molecule has 3 saturated carbocycles. The van der Waals surface area contributed by atoms with Gasteiger partial charge in [-0.15, -0.1) is 0 Å². The van der Waals surface area contributed by atoms with Gasteiger partial charge in [-0.25, -0.2) is 4.39 Å². The highest BCUT2D eigenvalue weighted by atomic mass is 19.1. The SMILES string of the molecule is CC.CC.CC1CC2C3CCC4=CC(=O)C=CC4(C)C3(F)C(O)CC2(C)C1(O)C(=O)CO. The Labute approximate surface area is 191 Å². The lowest BCUT2D eigenvalue weighted by molar-refractivity contribution is -0.219. The average Bonchev–Trinajstić information content (AvgIpc) is 2.99. The summed E-state index contributed by atoms with van der Waals surface area (Å²) >= 11 is 0. The monoisotopic (exact) mass is 452 g/mol. The Morgan fingerprint density at radius 2 is 1.78 bits per heavy atom. The molecule has 0 amide bonds. The number of aliphatic hydroxyl groups is 3. The summed E-state index contributed by atoms with van der Waals surface area (Å²) in [4.78, 5) is 24.4. The number of ketones is 2. The standard InChI is InChI=1S/C22H29FO5.2C2H6/c1-12-8-16-15-5-4-13-9-14(25)6-7-19(13,2)21(15,23)17(26)10-20(16,3)22(12,28)18(27)11-24;2*1-2/h6-7,9,12,15-17,24,26,28H,4-5,8,10-11H2,1-3H3;2*1-2H3. The van der Waals surface area contributed by atoms with Gasteiger partial charge in [0.15, 0.2) is 17.2 Å². The maximum Gasteiger partial charge on any atom is 0.190 e. The molecule has 4 rings (SSSR count). The van der Waals surface area contributed by atoms with Crippen LogP contribution in [0.3, 0.4) is 0 Å². The lowest BCUT2D eigenvalue weighted by Gasteiger charge is -2.62. The maximum atomic E-state index is 16.9. The number of carbonyl (C=O) groups excluding carboxylic acids is 2. The number of aliphatic hydroxyl groups excluding tert-OH is 2.